The van der Waals surface area contributed by atoms with Gasteiger partial charge in [0.05, 0.1) is 5.52 Å². The van der Waals surface area contributed by atoms with Crippen molar-refractivity contribution in [1.82, 2.24) is 29.5 Å². The van der Waals surface area contributed by atoms with Gasteiger partial charge in [-0.25, -0.2) is 9.97 Å². The van der Waals surface area contributed by atoms with Crippen molar-refractivity contribution >= 4 is 39.8 Å². The minimum absolute atomic E-state index is 0.0105. The lowest BCUT2D eigenvalue weighted by atomic mass is 9.89. The molecule has 32 heavy (non-hydrogen) atoms. The molecule has 0 fully saturated rings. The van der Waals surface area contributed by atoms with Crippen LogP contribution < -0.4 is 4.90 Å². The Kier molecular flexibility index (Phi) is 4.78. The molecule has 2 aromatic carbocycles. The van der Waals surface area contributed by atoms with E-state index in [9.17, 15) is 0 Å². The second-order valence-corrected chi connectivity index (χ2v) is 9.19. The van der Waals surface area contributed by atoms with E-state index in [1.165, 1.54) is 0 Å². The summed E-state index contributed by atoms with van der Waals surface area (Å²) in [6, 6.07) is 13.8. The molecule has 5 aromatic rings. The molecule has 0 spiro atoms. The Bertz CT molecular complexity index is 1440. The molecule has 0 N–H and O–H groups in total. The van der Waals surface area contributed by atoms with Gasteiger partial charge in [0.15, 0.2) is 5.82 Å². The maximum atomic E-state index is 6.26. The van der Waals surface area contributed by atoms with Gasteiger partial charge in [-0.1, -0.05) is 44.5 Å². The van der Waals surface area contributed by atoms with Crippen LogP contribution in [0.15, 0.2) is 61.2 Å². The van der Waals surface area contributed by atoms with Crippen molar-refractivity contribution in [3.05, 3.63) is 71.8 Å². The van der Waals surface area contributed by atoms with Crippen molar-refractivity contribution in [2.24, 2.45) is 0 Å². The van der Waals surface area contributed by atoms with Gasteiger partial charge in [-0.15, -0.1) is 10.2 Å². The molecule has 7 nitrogen and oxygen atoms in total. The van der Waals surface area contributed by atoms with Crippen molar-refractivity contribution in [1.29, 1.82) is 0 Å². The highest BCUT2D eigenvalue weighted by Crippen LogP contribution is 2.33. The molecular formula is C24H22ClN7. The predicted octanol–water partition coefficient (Wildman–Crippen LogP) is 5.45. The monoisotopic (exact) mass is 443 g/mol. The number of rotatable bonds is 3. The zero-order valence-corrected chi connectivity index (χ0v) is 19.0. The van der Waals surface area contributed by atoms with E-state index in [2.05, 4.69) is 47.0 Å². The molecule has 0 radical (unpaired) electrons. The summed E-state index contributed by atoms with van der Waals surface area (Å²) in [6.45, 7) is 6.45. The van der Waals surface area contributed by atoms with Crippen molar-refractivity contribution in [3.8, 4) is 11.4 Å². The van der Waals surface area contributed by atoms with E-state index in [0.29, 0.717) is 16.6 Å². The van der Waals surface area contributed by atoms with Gasteiger partial charge in [0.25, 0.3) is 5.78 Å². The first-order valence-electron chi connectivity index (χ1n) is 10.3. The van der Waals surface area contributed by atoms with Gasteiger partial charge in [-0.3, -0.25) is 4.40 Å². The SMILES string of the molecule is CN(c1cccc(-c2ncc(C(C)(C)C)cn2)c1)c1nc2nncn2c2cc(Cl)ccc12. The van der Waals surface area contributed by atoms with E-state index in [4.69, 9.17) is 16.6 Å². The molecule has 0 aliphatic rings. The highest BCUT2D eigenvalue weighted by Gasteiger charge is 2.17. The lowest BCUT2D eigenvalue weighted by Gasteiger charge is -2.21. The van der Waals surface area contributed by atoms with Crippen LogP contribution >= 0.6 is 11.6 Å². The smallest absolute Gasteiger partial charge is 0.257 e. The van der Waals surface area contributed by atoms with Gasteiger partial charge in [0.2, 0.25) is 0 Å². The third-order valence-electron chi connectivity index (χ3n) is 5.52. The molecule has 3 heterocycles. The fourth-order valence-electron chi connectivity index (χ4n) is 3.62. The van der Waals surface area contributed by atoms with Crippen LogP contribution in [0.25, 0.3) is 28.1 Å². The topological polar surface area (TPSA) is 72.1 Å². The molecule has 0 aliphatic carbocycles. The number of nitrogens with zero attached hydrogens (tertiary/aromatic N) is 7. The lowest BCUT2D eigenvalue weighted by molar-refractivity contribution is 0.584. The molecule has 8 heteroatoms. The Morgan fingerprint density at radius 3 is 2.53 bits per heavy atom. The molecule has 0 aliphatic heterocycles. The molecule has 0 bridgehead atoms. The average Bonchev–Trinajstić information content (AvgIpc) is 3.26. The Hall–Kier alpha value is -3.58. The van der Waals surface area contributed by atoms with Gasteiger partial charge >= 0.3 is 0 Å². The second-order valence-electron chi connectivity index (χ2n) is 8.75. The minimum Gasteiger partial charge on any atom is -0.329 e. The minimum atomic E-state index is 0.0105. The maximum Gasteiger partial charge on any atom is 0.257 e. The summed E-state index contributed by atoms with van der Waals surface area (Å²) >= 11 is 6.26. The van der Waals surface area contributed by atoms with Crippen molar-refractivity contribution in [3.63, 3.8) is 0 Å². The van der Waals surface area contributed by atoms with Crippen LogP contribution in [0.1, 0.15) is 26.3 Å². The maximum absolute atomic E-state index is 6.26. The Labute approximate surface area is 190 Å². The number of aromatic nitrogens is 6. The highest BCUT2D eigenvalue weighted by atomic mass is 35.5. The fourth-order valence-corrected chi connectivity index (χ4v) is 3.79. The largest absolute Gasteiger partial charge is 0.329 e. The van der Waals surface area contributed by atoms with Gasteiger partial charge in [-0.05, 0) is 41.3 Å². The van der Waals surface area contributed by atoms with E-state index < -0.39 is 0 Å². The molecule has 0 saturated carbocycles. The summed E-state index contributed by atoms with van der Waals surface area (Å²) in [7, 11) is 1.98. The van der Waals surface area contributed by atoms with Crippen molar-refractivity contribution in [2.75, 3.05) is 11.9 Å². The average molecular weight is 444 g/mol. The molecule has 0 saturated heterocycles. The summed E-state index contributed by atoms with van der Waals surface area (Å²) in [5.41, 5.74) is 3.90. The first kappa shape index (κ1) is 20.3. The molecule has 160 valence electrons. The number of fused-ring (bicyclic) bond motifs is 3. The van der Waals surface area contributed by atoms with Crippen LogP contribution in [-0.4, -0.2) is 36.6 Å². The molecule has 0 unspecified atom stereocenters. The van der Waals surface area contributed by atoms with E-state index >= 15 is 0 Å². The quantitative estimate of drug-likeness (QED) is 0.369. The Balaban J connectivity index is 1.58. The first-order chi connectivity index (χ1) is 15.3. The van der Waals surface area contributed by atoms with Gasteiger partial charge in [0.1, 0.15) is 12.1 Å². The van der Waals surface area contributed by atoms with Gasteiger partial charge in [-0.2, -0.15) is 4.98 Å². The summed E-state index contributed by atoms with van der Waals surface area (Å²) in [5, 5.41) is 9.73. The predicted molar refractivity (Wildman–Crippen MR) is 128 cm³/mol. The van der Waals surface area contributed by atoms with Crippen LogP contribution in [0.2, 0.25) is 5.02 Å². The summed E-state index contributed by atoms with van der Waals surface area (Å²) in [5.74, 6) is 1.96. The first-order valence-corrected chi connectivity index (χ1v) is 10.6. The van der Waals surface area contributed by atoms with Crippen LogP contribution in [0.4, 0.5) is 11.5 Å². The molecule has 3 aromatic heterocycles. The van der Waals surface area contributed by atoms with Crippen molar-refractivity contribution < 1.29 is 0 Å². The van der Waals surface area contributed by atoms with Crippen molar-refractivity contribution in [2.45, 2.75) is 26.2 Å². The third-order valence-corrected chi connectivity index (χ3v) is 5.76. The normalized spacial score (nSPS) is 11.9. The second kappa shape index (κ2) is 7.53. The van der Waals surface area contributed by atoms with Crippen LogP contribution in [0.5, 0.6) is 0 Å². The van der Waals surface area contributed by atoms with Gasteiger partial charge < -0.3 is 4.90 Å². The standard InChI is InChI=1S/C24H22ClN7/c1-24(2,3)16-12-26-21(27-13-16)15-6-5-7-18(10-15)31(4)22-19-9-8-17(25)11-20(19)32-14-28-30-23(32)29-22/h5-14H,1-4H3. The van der Waals surface area contributed by atoms with E-state index in [-0.39, 0.29) is 5.41 Å². The fraction of sp³-hybridized carbons (Fsp3) is 0.208. The molecular weight excluding hydrogens is 422 g/mol. The zero-order chi connectivity index (χ0) is 22.5. The summed E-state index contributed by atoms with van der Waals surface area (Å²) in [4.78, 5) is 16.0. The van der Waals surface area contributed by atoms with E-state index in [1.807, 2.05) is 65.1 Å². The van der Waals surface area contributed by atoms with Gasteiger partial charge in [0, 0.05) is 41.1 Å². The molecule has 5 rings (SSSR count). The lowest BCUT2D eigenvalue weighted by Crippen LogP contribution is -2.13. The third kappa shape index (κ3) is 3.54. The van der Waals surface area contributed by atoms with E-state index in [1.54, 1.807) is 6.33 Å². The summed E-state index contributed by atoms with van der Waals surface area (Å²) in [6.07, 6.45) is 5.44. The number of hydrogen-bond acceptors (Lipinski definition) is 6. The highest BCUT2D eigenvalue weighted by molar-refractivity contribution is 6.31. The zero-order valence-electron chi connectivity index (χ0n) is 18.3. The number of anilines is 2. The van der Waals surface area contributed by atoms with E-state index in [0.717, 1.165) is 33.5 Å². The Morgan fingerprint density at radius 1 is 1.00 bits per heavy atom. The van der Waals surface area contributed by atoms with Crippen LogP contribution in [0, 0.1) is 0 Å². The molecule has 0 amide bonds. The molecule has 0 atom stereocenters. The van der Waals surface area contributed by atoms with Crippen LogP contribution in [-0.2, 0) is 5.41 Å². The number of hydrogen-bond donors (Lipinski definition) is 0. The summed E-state index contributed by atoms with van der Waals surface area (Å²) < 4.78 is 1.83. The number of halogens is 1. The number of benzene rings is 2. The van der Waals surface area contributed by atoms with Crippen LogP contribution in [0.3, 0.4) is 0 Å². The Morgan fingerprint density at radius 2 is 1.78 bits per heavy atom.